The van der Waals surface area contributed by atoms with Crippen molar-refractivity contribution in [2.45, 2.75) is 12.8 Å². The lowest BCUT2D eigenvalue weighted by atomic mass is 10.0. The smallest absolute Gasteiger partial charge is 0.239 e. The predicted octanol–water partition coefficient (Wildman–Crippen LogP) is 2.96. The second kappa shape index (κ2) is 6.01. The van der Waals surface area contributed by atoms with E-state index in [0.717, 1.165) is 5.56 Å². The molecule has 5 nitrogen and oxygen atoms in total. The number of aryl methyl sites for hydroxylation is 1. The lowest BCUT2D eigenvalue weighted by Crippen LogP contribution is -2.22. The molecular weight excluding hydrogens is 316 g/mol. The minimum atomic E-state index is -0.906. The molecule has 1 atom stereocenters. The molecule has 2 aromatic rings. The summed E-state index contributed by atoms with van der Waals surface area (Å²) in [5.41, 5.74) is 1.29. The van der Waals surface area contributed by atoms with Gasteiger partial charge in [-0.05, 0) is 42.8 Å². The topological polar surface area (TPSA) is 59.5 Å². The van der Waals surface area contributed by atoms with Crippen LogP contribution in [0, 0.1) is 6.92 Å². The highest BCUT2D eigenvalue weighted by Gasteiger charge is 2.41. The molecule has 1 saturated heterocycles. The van der Waals surface area contributed by atoms with Crippen molar-refractivity contribution < 1.29 is 14.3 Å². The third-order valence-electron chi connectivity index (χ3n) is 3.65. The number of amides is 1. The van der Waals surface area contributed by atoms with Gasteiger partial charge >= 0.3 is 0 Å². The zero-order valence-electron chi connectivity index (χ0n) is 12.7. The van der Waals surface area contributed by atoms with Gasteiger partial charge in [0.15, 0.2) is 5.78 Å². The summed E-state index contributed by atoms with van der Waals surface area (Å²) in [5, 5.41) is 0.554. The van der Waals surface area contributed by atoms with Crippen molar-refractivity contribution in [1.29, 1.82) is 0 Å². The Hall–Kier alpha value is -2.40. The van der Waals surface area contributed by atoms with Gasteiger partial charge in [0.2, 0.25) is 5.91 Å². The van der Waals surface area contributed by atoms with E-state index in [4.69, 9.17) is 16.3 Å². The molecule has 0 bridgehead atoms. The van der Waals surface area contributed by atoms with E-state index in [0.29, 0.717) is 22.2 Å². The van der Waals surface area contributed by atoms with E-state index in [1.807, 2.05) is 19.1 Å². The lowest BCUT2D eigenvalue weighted by molar-refractivity contribution is -0.128. The van der Waals surface area contributed by atoms with Gasteiger partial charge in [-0.1, -0.05) is 11.6 Å². The summed E-state index contributed by atoms with van der Waals surface area (Å²) >= 11 is 6.04. The second-order valence-corrected chi connectivity index (χ2v) is 5.98. The van der Waals surface area contributed by atoms with Gasteiger partial charge in [0.05, 0.1) is 6.54 Å². The number of hydrogen-bond acceptors (Lipinski definition) is 4. The number of rotatable bonds is 3. The predicted molar refractivity (Wildman–Crippen MR) is 85.9 cm³/mol. The first-order valence-corrected chi connectivity index (χ1v) is 7.51. The van der Waals surface area contributed by atoms with E-state index in [1.54, 1.807) is 31.4 Å². The molecule has 0 aliphatic carbocycles. The molecule has 0 radical (unpaired) electrons. The summed E-state index contributed by atoms with van der Waals surface area (Å²) in [6.45, 7) is 2.00. The number of pyridine rings is 1. The number of nitrogens with zero attached hydrogens (tertiary/aromatic N) is 2. The molecule has 0 saturated carbocycles. The molecule has 1 aliphatic heterocycles. The molecule has 2 heterocycles. The fourth-order valence-corrected chi connectivity index (χ4v) is 2.90. The minimum absolute atomic E-state index is 0.0930. The molecule has 23 heavy (non-hydrogen) atoms. The highest BCUT2D eigenvalue weighted by atomic mass is 35.5. The van der Waals surface area contributed by atoms with Gasteiger partial charge in [0, 0.05) is 18.3 Å². The van der Waals surface area contributed by atoms with E-state index < -0.39 is 5.92 Å². The first-order valence-electron chi connectivity index (χ1n) is 7.13. The Kier molecular flexibility index (Phi) is 4.05. The van der Waals surface area contributed by atoms with Crippen molar-refractivity contribution in [1.82, 2.24) is 9.88 Å². The maximum atomic E-state index is 12.2. The Bertz CT molecular complexity index is 771. The van der Waals surface area contributed by atoms with Crippen LogP contribution in [0.3, 0.4) is 0 Å². The molecule has 1 aliphatic rings. The molecule has 1 amide bonds. The molecule has 1 aromatic carbocycles. The van der Waals surface area contributed by atoms with Crippen LogP contribution in [0.4, 0.5) is 0 Å². The van der Waals surface area contributed by atoms with Gasteiger partial charge < -0.3 is 9.64 Å². The molecule has 1 fully saturated rings. The van der Waals surface area contributed by atoms with E-state index in [-0.39, 0.29) is 18.2 Å². The molecule has 1 aromatic heterocycles. The van der Waals surface area contributed by atoms with Crippen molar-refractivity contribution in [3.05, 3.63) is 52.8 Å². The molecule has 0 N–H and O–H groups in total. The van der Waals surface area contributed by atoms with Crippen LogP contribution in [-0.4, -0.2) is 35.2 Å². The molecule has 6 heteroatoms. The van der Waals surface area contributed by atoms with E-state index >= 15 is 0 Å². The van der Waals surface area contributed by atoms with E-state index in [9.17, 15) is 9.59 Å². The number of ether oxygens (including phenoxy) is 1. The Morgan fingerprint density at radius 1 is 1.30 bits per heavy atom. The maximum Gasteiger partial charge on any atom is 0.239 e. The number of carbonyl (C=O) groups is 2. The molecule has 118 valence electrons. The second-order valence-electron chi connectivity index (χ2n) is 5.55. The van der Waals surface area contributed by atoms with Crippen molar-refractivity contribution in [2.24, 2.45) is 0 Å². The van der Waals surface area contributed by atoms with Crippen molar-refractivity contribution >= 4 is 23.3 Å². The monoisotopic (exact) mass is 330 g/mol. The van der Waals surface area contributed by atoms with Gasteiger partial charge in [-0.25, -0.2) is 0 Å². The summed E-state index contributed by atoms with van der Waals surface area (Å²) < 4.78 is 5.85. The van der Waals surface area contributed by atoms with Crippen LogP contribution in [0.15, 0.2) is 36.5 Å². The minimum Gasteiger partial charge on any atom is -0.455 e. The zero-order chi connectivity index (χ0) is 16.6. The summed E-state index contributed by atoms with van der Waals surface area (Å²) in [5.74, 6) is -0.424. The fraction of sp³-hybridized carbons (Fsp3) is 0.235. The molecule has 3 rings (SSSR count). The van der Waals surface area contributed by atoms with Gasteiger partial charge in [-0.15, -0.1) is 0 Å². The van der Waals surface area contributed by atoms with Gasteiger partial charge in [-0.3, -0.25) is 14.6 Å². The number of carbonyl (C=O) groups excluding carboxylic acids is 2. The molecule has 0 spiro atoms. The van der Waals surface area contributed by atoms with Crippen LogP contribution < -0.4 is 4.74 Å². The number of ketones is 1. The van der Waals surface area contributed by atoms with E-state index in [1.165, 1.54) is 4.90 Å². The van der Waals surface area contributed by atoms with Crippen molar-refractivity contribution in [3.8, 4) is 11.5 Å². The molecular formula is C17H15ClN2O3. The number of hydrogen-bond donors (Lipinski definition) is 0. The van der Waals surface area contributed by atoms with E-state index in [2.05, 4.69) is 4.98 Å². The molecule has 1 unspecified atom stereocenters. The highest BCUT2D eigenvalue weighted by molar-refractivity contribution is 6.30. The van der Waals surface area contributed by atoms with Crippen LogP contribution in [0.1, 0.15) is 17.2 Å². The number of likely N-dealkylation sites (N-methyl/N-ethyl adjacent to an activating group) is 1. The number of benzene rings is 1. The third kappa shape index (κ3) is 3.05. The van der Waals surface area contributed by atoms with Crippen LogP contribution in [-0.2, 0) is 9.59 Å². The SMILES string of the molecule is Cc1cc(Cl)cc(Oc2cccnc2C2C(=O)CN(C)C2=O)c1. The Labute approximate surface area is 138 Å². The summed E-state index contributed by atoms with van der Waals surface area (Å²) in [7, 11) is 1.60. The summed E-state index contributed by atoms with van der Waals surface area (Å²) in [6.07, 6.45) is 1.55. The average Bonchev–Trinajstić information content (AvgIpc) is 2.72. The lowest BCUT2D eigenvalue weighted by Gasteiger charge is -2.14. The van der Waals surface area contributed by atoms with Crippen molar-refractivity contribution in [3.63, 3.8) is 0 Å². The van der Waals surface area contributed by atoms with Gasteiger partial charge in [0.1, 0.15) is 23.1 Å². The normalized spacial score (nSPS) is 17.7. The number of Topliss-reactive ketones (excluding diaryl/α,β-unsaturated/α-hetero) is 1. The van der Waals surface area contributed by atoms with Gasteiger partial charge in [-0.2, -0.15) is 0 Å². The number of aromatic nitrogens is 1. The van der Waals surface area contributed by atoms with Crippen LogP contribution in [0.5, 0.6) is 11.5 Å². The Balaban J connectivity index is 1.98. The number of likely N-dealkylation sites (tertiary alicyclic amines) is 1. The van der Waals surface area contributed by atoms with Crippen molar-refractivity contribution in [2.75, 3.05) is 13.6 Å². The van der Waals surface area contributed by atoms with Crippen LogP contribution >= 0.6 is 11.6 Å². The third-order valence-corrected chi connectivity index (χ3v) is 3.87. The fourth-order valence-electron chi connectivity index (χ4n) is 2.63. The quantitative estimate of drug-likeness (QED) is 0.812. The first kappa shape index (κ1) is 15.5. The van der Waals surface area contributed by atoms with Crippen LogP contribution in [0.2, 0.25) is 5.02 Å². The van der Waals surface area contributed by atoms with Gasteiger partial charge in [0.25, 0.3) is 0 Å². The summed E-state index contributed by atoms with van der Waals surface area (Å²) in [4.78, 5) is 30.0. The largest absolute Gasteiger partial charge is 0.455 e. The van der Waals surface area contributed by atoms with Crippen LogP contribution in [0.25, 0.3) is 0 Å². The summed E-state index contributed by atoms with van der Waals surface area (Å²) in [6, 6.07) is 8.71. The Morgan fingerprint density at radius 2 is 2.09 bits per heavy atom. The Morgan fingerprint density at radius 3 is 2.74 bits per heavy atom. The highest BCUT2D eigenvalue weighted by Crippen LogP contribution is 2.34. The standard InChI is InChI=1S/C17H15ClN2O3/c1-10-6-11(18)8-12(7-10)23-14-4-3-5-19-16(14)15-13(21)9-20(2)17(15)22/h3-8,15H,9H2,1-2H3. The average molecular weight is 331 g/mol. The maximum absolute atomic E-state index is 12.2. The first-order chi connectivity index (χ1) is 11.0. The number of halogens is 1. The zero-order valence-corrected chi connectivity index (χ0v) is 13.5.